The van der Waals surface area contributed by atoms with Gasteiger partial charge in [-0.1, -0.05) is 12.1 Å². The van der Waals surface area contributed by atoms with Crippen LogP contribution in [0, 0.1) is 5.82 Å². The van der Waals surface area contributed by atoms with Gasteiger partial charge in [0.15, 0.2) is 0 Å². The van der Waals surface area contributed by atoms with Gasteiger partial charge in [0, 0.05) is 44.1 Å². The average Bonchev–Trinajstić information content (AvgIpc) is 3.26. The lowest BCUT2D eigenvalue weighted by Gasteiger charge is -2.45. The zero-order chi connectivity index (χ0) is 30.6. The van der Waals surface area contributed by atoms with E-state index in [2.05, 4.69) is 4.90 Å². The number of piperidine rings is 2. The first-order valence-corrected chi connectivity index (χ1v) is 14.0. The fourth-order valence-corrected chi connectivity index (χ4v) is 6.58. The van der Waals surface area contributed by atoms with Crippen LogP contribution in [0.2, 0.25) is 0 Å². The highest BCUT2D eigenvalue weighted by Gasteiger charge is 2.50. The van der Waals surface area contributed by atoms with Gasteiger partial charge >= 0.3 is 12.4 Å². The zero-order valence-electron chi connectivity index (χ0n) is 23.2. The van der Waals surface area contributed by atoms with E-state index in [1.165, 1.54) is 19.1 Å². The first-order chi connectivity index (χ1) is 19.5. The molecular formula is C30H33F7N2O3. The van der Waals surface area contributed by atoms with Crippen LogP contribution in [-0.4, -0.2) is 64.2 Å². The van der Waals surface area contributed by atoms with Crippen LogP contribution in [0.15, 0.2) is 42.5 Å². The molecule has 2 aromatic carbocycles. The zero-order valence-corrected chi connectivity index (χ0v) is 23.2. The number of fused-ring (bicyclic) bond motifs is 1. The molecule has 3 heterocycles. The van der Waals surface area contributed by atoms with Crippen LogP contribution in [0.1, 0.15) is 73.8 Å². The Balaban J connectivity index is 1.44. The number of ether oxygens (including phenoxy) is 1. The molecule has 5 atom stereocenters. The number of aliphatic hydroxyl groups is 1. The summed E-state index contributed by atoms with van der Waals surface area (Å²) in [6, 6.07) is 6.60. The molecule has 12 heteroatoms. The summed E-state index contributed by atoms with van der Waals surface area (Å²) in [5.74, 6) is -1.08. The predicted octanol–water partition coefficient (Wildman–Crippen LogP) is 6.31. The van der Waals surface area contributed by atoms with E-state index < -0.39 is 53.0 Å². The van der Waals surface area contributed by atoms with Crippen molar-refractivity contribution in [3.05, 3.63) is 70.5 Å². The molecule has 0 bridgehead atoms. The van der Waals surface area contributed by atoms with Crippen LogP contribution in [-0.2, 0) is 21.9 Å². The Kier molecular flexibility index (Phi) is 8.12. The van der Waals surface area contributed by atoms with Crippen molar-refractivity contribution in [3.63, 3.8) is 0 Å². The highest BCUT2D eigenvalue weighted by Crippen LogP contribution is 2.45. The molecule has 3 aliphatic heterocycles. The second kappa shape index (κ2) is 11.1. The molecular weight excluding hydrogens is 569 g/mol. The maximum Gasteiger partial charge on any atom is 0.416 e. The maximum atomic E-state index is 13.8. The largest absolute Gasteiger partial charge is 0.416 e. The Morgan fingerprint density at radius 2 is 1.55 bits per heavy atom. The second-order valence-corrected chi connectivity index (χ2v) is 12.0. The topological polar surface area (TPSA) is 53.0 Å². The van der Waals surface area contributed by atoms with E-state index >= 15 is 0 Å². The predicted molar refractivity (Wildman–Crippen MR) is 139 cm³/mol. The summed E-state index contributed by atoms with van der Waals surface area (Å²) in [6.07, 6.45) is -9.98. The Hall–Kier alpha value is -2.70. The van der Waals surface area contributed by atoms with E-state index in [1.54, 1.807) is 24.0 Å². The fourth-order valence-electron chi connectivity index (χ4n) is 6.58. The van der Waals surface area contributed by atoms with Gasteiger partial charge in [0.05, 0.1) is 28.9 Å². The van der Waals surface area contributed by atoms with Crippen LogP contribution in [0.4, 0.5) is 30.7 Å². The molecule has 5 nitrogen and oxygen atoms in total. The third-order valence-electron chi connectivity index (χ3n) is 8.94. The third kappa shape index (κ3) is 6.45. The van der Waals surface area contributed by atoms with Crippen molar-refractivity contribution in [2.45, 2.75) is 87.7 Å². The highest BCUT2D eigenvalue weighted by atomic mass is 19.4. The number of hydrogen-bond donors (Lipinski definition) is 1. The fraction of sp³-hybridized carbons (Fsp3) is 0.567. The lowest BCUT2D eigenvalue weighted by Crippen LogP contribution is -2.54. The Morgan fingerprint density at radius 3 is 2.10 bits per heavy atom. The number of carbonyl (C=O) groups is 1. The second-order valence-electron chi connectivity index (χ2n) is 12.0. The van der Waals surface area contributed by atoms with Gasteiger partial charge in [0.2, 0.25) is 5.91 Å². The molecule has 1 amide bonds. The number of likely N-dealkylation sites (tertiary alicyclic amines) is 1. The average molecular weight is 603 g/mol. The van der Waals surface area contributed by atoms with Gasteiger partial charge in [-0.15, -0.1) is 0 Å². The minimum absolute atomic E-state index is 0.0755. The van der Waals surface area contributed by atoms with Crippen molar-refractivity contribution in [2.75, 3.05) is 19.6 Å². The van der Waals surface area contributed by atoms with Crippen molar-refractivity contribution in [1.29, 1.82) is 0 Å². The molecule has 3 fully saturated rings. The Morgan fingerprint density at radius 1 is 0.976 bits per heavy atom. The summed E-state index contributed by atoms with van der Waals surface area (Å²) >= 11 is 0. The minimum atomic E-state index is -5.00. The summed E-state index contributed by atoms with van der Waals surface area (Å²) in [6.45, 7) is 4.51. The van der Waals surface area contributed by atoms with E-state index in [9.17, 15) is 40.6 Å². The summed E-state index contributed by atoms with van der Waals surface area (Å²) in [4.78, 5) is 17.2. The lowest BCUT2D eigenvalue weighted by atomic mass is 9.83. The molecule has 5 rings (SSSR count). The van der Waals surface area contributed by atoms with Crippen LogP contribution in [0.3, 0.4) is 0 Å². The number of halogens is 7. The molecule has 3 saturated heterocycles. The van der Waals surface area contributed by atoms with Gasteiger partial charge in [0.1, 0.15) is 5.82 Å². The van der Waals surface area contributed by atoms with Gasteiger partial charge < -0.3 is 14.7 Å². The molecule has 3 aliphatic rings. The third-order valence-corrected chi connectivity index (χ3v) is 8.94. The van der Waals surface area contributed by atoms with Gasteiger partial charge in [-0.25, -0.2) is 4.39 Å². The molecule has 230 valence electrons. The Bertz CT molecular complexity index is 1250. The number of benzene rings is 2. The highest BCUT2D eigenvalue weighted by molar-refractivity contribution is 5.79. The van der Waals surface area contributed by atoms with Crippen LogP contribution in [0.25, 0.3) is 0 Å². The Labute approximate surface area is 239 Å². The summed E-state index contributed by atoms with van der Waals surface area (Å²) in [5, 5.41) is 10.4. The lowest BCUT2D eigenvalue weighted by molar-refractivity contribution is -0.143. The van der Waals surface area contributed by atoms with Crippen LogP contribution < -0.4 is 0 Å². The molecule has 0 spiro atoms. The quantitative estimate of drug-likeness (QED) is 0.408. The number of alkyl halides is 6. The van der Waals surface area contributed by atoms with Gasteiger partial charge in [0.25, 0.3) is 0 Å². The van der Waals surface area contributed by atoms with Crippen LogP contribution >= 0.6 is 0 Å². The number of amides is 1. The maximum absolute atomic E-state index is 13.8. The van der Waals surface area contributed by atoms with Crippen molar-refractivity contribution >= 4 is 5.91 Å². The first-order valence-electron chi connectivity index (χ1n) is 14.0. The molecule has 0 aliphatic carbocycles. The standard InChI is InChI=1S/C30H33F7N2O3/c1-17(19-11-20(29(32,33)34)13-21(12-19)30(35,36)37)42-25-16-39-24(27(25)18-3-5-22(31)6-4-18)14-23(15-26(39)40)38-9-7-28(2,41)8-10-38/h3-6,11-13,17,23-25,27,41H,7-10,14-16H2,1-2H3/t17-,23?,24+,25+,27+/m1/s1. The van der Waals surface area contributed by atoms with E-state index in [4.69, 9.17) is 4.74 Å². The van der Waals surface area contributed by atoms with Crippen molar-refractivity contribution in [1.82, 2.24) is 9.80 Å². The van der Waals surface area contributed by atoms with Gasteiger partial charge in [-0.05, 0) is 74.6 Å². The molecule has 2 aromatic rings. The van der Waals surface area contributed by atoms with Crippen molar-refractivity contribution in [2.24, 2.45) is 0 Å². The SMILES string of the molecule is C[C@@H](O[C@H]1CN2C(=O)CC(N3CCC(C)(O)CC3)C[C@H]2[C@@H]1c1ccc(F)cc1)c1cc(C(F)(F)F)cc(C(F)(F)F)c1. The minimum Gasteiger partial charge on any atom is -0.390 e. The van der Waals surface area contributed by atoms with Gasteiger partial charge in [-0.3, -0.25) is 9.69 Å². The van der Waals surface area contributed by atoms with Crippen LogP contribution in [0.5, 0.6) is 0 Å². The number of hydrogen-bond acceptors (Lipinski definition) is 4. The molecule has 42 heavy (non-hydrogen) atoms. The van der Waals surface area contributed by atoms with Gasteiger partial charge in [-0.2, -0.15) is 26.3 Å². The monoisotopic (exact) mass is 602 g/mol. The van der Waals surface area contributed by atoms with E-state index in [1.807, 2.05) is 0 Å². The van der Waals surface area contributed by atoms with E-state index in [0.29, 0.717) is 50.0 Å². The molecule has 0 radical (unpaired) electrons. The molecule has 1 unspecified atom stereocenters. The van der Waals surface area contributed by atoms with Crippen molar-refractivity contribution in [3.8, 4) is 0 Å². The molecule has 0 saturated carbocycles. The van der Waals surface area contributed by atoms with Crippen molar-refractivity contribution < 1.29 is 45.4 Å². The number of carbonyl (C=O) groups excluding carboxylic acids is 1. The normalized spacial score (nSPS) is 27.7. The van der Waals surface area contributed by atoms with E-state index in [0.717, 1.165) is 0 Å². The summed E-state index contributed by atoms with van der Waals surface area (Å²) in [5.41, 5.74) is -3.25. The summed E-state index contributed by atoms with van der Waals surface area (Å²) in [7, 11) is 0. The first kappa shape index (κ1) is 30.7. The summed E-state index contributed by atoms with van der Waals surface area (Å²) < 4.78 is 101. The molecule has 1 N–H and O–H groups in total. The molecule has 0 aromatic heterocycles. The smallest absolute Gasteiger partial charge is 0.390 e. The van der Waals surface area contributed by atoms with E-state index in [-0.39, 0.29) is 42.6 Å². The number of nitrogens with zero attached hydrogens (tertiary/aromatic N) is 2. The number of rotatable bonds is 5.